The number of hydrogen-bond acceptors (Lipinski definition) is 2. The Morgan fingerprint density at radius 2 is 2.33 bits per heavy atom. The van der Waals surface area contributed by atoms with Gasteiger partial charge >= 0.3 is 0 Å². The Balaban J connectivity index is 2.06. The van der Waals surface area contributed by atoms with E-state index in [1.165, 1.54) is 6.20 Å². The first-order valence-electron chi connectivity index (χ1n) is 4.91. The van der Waals surface area contributed by atoms with Gasteiger partial charge in [0, 0.05) is 18.4 Å². The molecule has 1 fully saturated rings. The van der Waals surface area contributed by atoms with Crippen molar-refractivity contribution in [2.75, 3.05) is 0 Å². The minimum absolute atomic E-state index is 0.113. The van der Waals surface area contributed by atoms with Crippen molar-refractivity contribution in [1.29, 1.82) is 0 Å². The molecule has 0 saturated heterocycles. The van der Waals surface area contributed by atoms with Gasteiger partial charge < -0.3 is 5.32 Å². The molecule has 1 aliphatic rings. The molecule has 1 unspecified atom stereocenters. The summed E-state index contributed by atoms with van der Waals surface area (Å²) < 4.78 is 0. The fourth-order valence-corrected chi connectivity index (χ4v) is 1.71. The molecule has 1 atom stereocenters. The lowest BCUT2D eigenvalue weighted by Gasteiger charge is -2.07. The SMILES string of the molecule is CC1(C)CC1NC(=O)c1ccncc1Cl. The summed E-state index contributed by atoms with van der Waals surface area (Å²) in [7, 11) is 0. The molecule has 1 aliphatic carbocycles. The first kappa shape index (κ1) is 10.4. The molecule has 4 heteroatoms. The highest BCUT2D eigenvalue weighted by molar-refractivity contribution is 6.33. The van der Waals surface area contributed by atoms with E-state index >= 15 is 0 Å². The highest BCUT2D eigenvalue weighted by atomic mass is 35.5. The van der Waals surface area contributed by atoms with Crippen LogP contribution >= 0.6 is 11.6 Å². The van der Waals surface area contributed by atoms with Crippen LogP contribution in [0, 0.1) is 5.41 Å². The quantitative estimate of drug-likeness (QED) is 0.838. The zero-order valence-corrected chi connectivity index (χ0v) is 9.51. The predicted molar refractivity (Wildman–Crippen MR) is 58.9 cm³/mol. The van der Waals surface area contributed by atoms with Gasteiger partial charge in [0.2, 0.25) is 0 Å². The number of amides is 1. The summed E-state index contributed by atoms with van der Waals surface area (Å²) in [4.78, 5) is 15.6. The van der Waals surface area contributed by atoms with Gasteiger partial charge in [-0.1, -0.05) is 25.4 Å². The molecular formula is C11H13ClN2O. The average molecular weight is 225 g/mol. The second-order valence-corrected chi connectivity index (χ2v) is 4.98. The van der Waals surface area contributed by atoms with Crippen LogP contribution in [0.25, 0.3) is 0 Å². The van der Waals surface area contributed by atoms with Crippen LogP contribution < -0.4 is 5.32 Å². The van der Waals surface area contributed by atoms with Crippen LogP contribution in [0.3, 0.4) is 0 Å². The van der Waals surface area contributed by atoms with Gasteiger partial charge in [-0.25, -0.2) is 0 Å². The molecule has 1 N–H and O–H groups in total. The standard InChI is InChI=1S/C11H13ClN2O/c1-11(2)5-9(11)14-10(15)7-3-4-13-6-8(7)12/h3-4,6,9H,5H2,1-2H3,(H,14,15). The van der Waals surface area contributed by atoms with Gasteiger partial charge in [-0.05, 0) is 17.9 Å². The molecule has 80 valence electrons. The number of nitrogens with one attached hydrogen (secondary N) is 1. The van der Waals surface area contributed by atoms with Gasteiger partial charge in [0.05, 0.1) is 10.6 Å². The monoisotopic (exact) mass is 224 g/mol. The Bertz CT molecular complexity index is 403. The van der Waals surface area contributed by atoms with E-state index in [0.29, 0.717) is 10.6 Å². The Morgan fingerprint density at radius 1 is 1.67 bits per heavy atom. The molecular weight excluding hydrogens is 212 g/mol. The fourth-order valence-electron chi connectivity index (χ4n) is 1.51. The van der Waals surface area contributed by atoms with Gasteiger partial charge in [0.25, 0.3) is 5.91 Å². The summed E-state index contributed by atoms with van der Waals surface area (Å²) in [6, 6.07) is 1.90. The minimum atomic E-state index is -0.113. The number of carbonyl (C=O) groups is 1. The van der Waals surface area contributed by atoms with Gasteiger partial charge in [0.1, 0.15) is 0 Å². The maximum atomic E-state index is 11.8. The lowest BCUT2D eigenvalue weighted by molar-refractivity contribution is 0.0946. The van der Waals surface area contributed by atoms with Crippen molar-refractivity contribution in [3.05, 3.63) is 29.0 Å². The molecule has 2 rings (SSSR count). The average Bonchev–Trinajstić information content (AvgIpc) is 2.74. The summed E-state index contributed by atoms with van der Waals surface area (Å²) in [5.74, 6) is -0.113. The Morgan fingerprint density at radius 3 is 2.87 bits per heavy atom. The molecule has 1 aromatic heterocycles. The Labute approximate surface area is 93.8 Å². The Kier molecular flexibility index (Phi) is 2.43. The second-order valence-electron chi connectivity index (χ2n) is 4.57. The van der Waals surface area contributed by atoms with Crippen LogP contribution in [0.4, 0.5) is 0 Å². The molecule has 0 spiro atoms. The van der Waals surface area contributed by atoms with Crippen LogP contribution in [0.5, 0.6) is 0 Å². The van der Waals surface area contributed by atoms with Gasteiger partial charge in [-0.15, -0.1) is 0 Å². The van der Waals surface area contributed by atoms with Gasteiger partial charge in [0.15, 0.2) is 0 Å². The topological polar surface area (TPSA) is 42.0 Å². The van der Waals surface area contributed by atoms with Crippen LogP contribution in [0.2, 0.25) is 5.02 Å². The number of carbonyl (C=O) groups excluding carboxylic acids is 1. The third kappa shape index (κ3) is 2.12. The molecule has 1 amide bonds. The zero-order chi connectivity index (χ0) is 11.1. The lowest BCUT2D eigenvalue weighted by Crippen LogP contribution is -2.28. The summed E-state index contributed by atoms with van der Waals surface area (Å²) in [5.41, 5.74) is 0.726. The van der Waals surface area contributed by atoms with E-state index < -0.39 is 0 Å². The largest absolute Gasteiger partial charge is 0.349 e. The molecule has 0 aliphatic heterocycles. The fraction of sp³-hybridized carbons (Fsp3) is 0.455. The number of halogens is 1. The van der Waals surface area contributed by atoms with Crippen molar-refractivity contribution in [2.24, 2.45) is 5.41 Å². The summed E-state index contributed by atoms with van der Waals surface area (Å²) >= 11 is 5.87. The summed E-state index contributed by atoms with van der Waals surface area (Å²) in [6.45, 7) is 4.26. The van der Waals surface area contributed by atoms with E-state index in [4.69, 9.17) is 11.6 Å². The molecule has 1 saturated carbocycles. The number of aromatic nitrogens is 1. The van der Waals surface area contributed by atoms with Crippen molar-refractivity contribution in [3.8, 4) is 0 Å². The van der Waals surface area contributed by atoms with Gasteiger partial charge in [-0.3, -0.25) is 9.78 Å². The number of pyridine rings is 1. The predicted octanol–water partition coefficient (Wildman–Crippen LogP) is 2.26. The van der Waals surface area contributed by atoms with Gasteiger partial charge in [-0.2, -0.15) is 0 Å². The number of rotatable bonds is 2. The van der Waals surface area contributed by atoms with Crippen LogP contribution in [0.1, 0.15) is 30.6 Å². The molecule has 0 aromatic carbocycles. The van der Waals surface area contributed by atoms with Crippen LogP contribution in [-0.4, -0.2) is 16.9 Å². The van der Waals surface area contributed by atoms with Crippen molar-refractivity contribution in [1.82, 2.24) is 10.3 Å². The van der Waals surface area contributed by atoms with Crippen LogP contribution in [-0.2, 0) is 0 Å². The van der Waals surface area contributed by atoms with Crippen molar-refractivity contribution < 1.29 is 4.79 Å². The minimum Gasteiger partial charge on any atom is -0.349 e. The molecule has 15 heavy (non-hydrogen) atoms. The van der Waals surface area contributed by atoms with E-state index in [0.717, 1.165) is 6.42 Å². The molecule has 1 aromatic rings. The highest BCUT2D eigenvalue weighted by Crippen LogP contribution is 2.44. The molecule has 1 heterocycles. The van der Waals surface area contributed by atoms with E-state index in [2.05, 4.69) is 24.1 Å². The number of hydrogen-bond donors (Lipinski definition) is 1. The molecule has 3 nitrogen and oxygen atoms in total. The lowest BCUT2D eigenvalue weighted by atomic mass is 10.2. The Hall–Kier alpha value is -1.09. The van der Waals surface area contributed by atoms with Crippen molar-refractivity contribution in [3.63, 3.8) is 0 Å². The molecule has 0 bridgehead atoms. The van der Waals surface area contributed by atoms with E-state index in [1.807, 2.05) is 0 Å². The summed E-state index contributed by atoms with van der Waals surface area (Å²) in [5, 5.41) is 3.35. The smallest absolute Gasteiger partial charge is 0.253 e. The number of nitrogens with zero attached hydrogens (tertiary/aromatic N) is 1. The zero-order valence-electron chi connectivity index (χ0n) is 8.75. The van der Waals surface area contributed by atoms with Crippen molar-refractivity contribution >= 4 is 17.5 Å². The van der Waals surface area contributed by atoms with E-state index in [-0.39, 0.29) is 17.4 Å². The highest BCUT2D eigenvalue weighted by Gasteiger charge is 2.46. The first-order chi connectivity index (χ1) is 7.00. The first-order valence-corrected chi connectivity index (χ1v) is 5.29. The maximum absolute atomic E-state index is 11.8. The summed E-state index contributed by atoms with van der Waals surface area (Å²) in [6.07, 6.45) is 4.08. The van der Waals surface area contributed by atoms with Crippen molar-refractivity contribution in [2.45, 2.75) is 26.3 Å². The maximum Gasteiger partial charge on any atom is 0.253 e. The molecule has 0 radical (unpaired) electrons. The third-order valence-electron chi connectivity index (χ3n) is 2.84. The van der Waals surface area contributed by atoms with E-state index in [1.54, 1.807) is 12.3 Å². The van der Waals surface area contributed by atoms with E-state index in [9.17, 15) is 4.79 Å². The normalized spacial score (nSPS) is 22.2. The third-order valence-corrected chi connectivity index (χ3v) is 3.14. The second kappa shape index (κ2) is 3.49. The van der Waals surface area contributed by atoms with Crippen LogP contribution in [0.15, 0.2) is 18.5 Å².